The van der Waals surface area contributed by atoms with Crippen LogP contribution in [0.5, 0.6) is 5.75 Å². The molecule has 0 aliphatic carbocycles. The zero-order valence-electron chi connectivity index (χ0n) is 16.2. The number of carbonyl (C=O) groups is 1. The van der Waals surface area contributed by atoms with Crippen LogP contribution < -0.4 is 4.74 Å². The van der Waals surface area contributed by atoms with Gasteiger partial charge in [0, 0.05) is 22.2 Å². The summed E-state index contributed by atoms with van der Waals surface area (Å²) < 4.78 is 5.14. The number of ether oxygens (including phenoxy) is 1. The molecule has 4 aromatic rings. The van der Waals surface area contributed by atoms with Gasteiger partial charge >= 0.3 is 0 Å². The maximum Gasteiger partial charge on any atom is 0.296 e. The smallest absolute Gasteiger partial charge is 0.296 e. The maximum atomic E-state index is 13.3. The molecule has 0 atom stereocenters. The molecule has 0 saturated heterocycles. The van der Waals surface area contributed by atoms with E-state index in [9.17, 15) is 14.9 Å². The van der Waals surface area contributed by atoms with Gasteiger partial charge in [0.2, 0.25) is 5.78 Å². The van der Waals surface area contributed by atoms with E-state index in [1.165, 1.54) is 19.2 Å². The summed E-state index contributed by atoms with van der Waals surface area (Å²) >= 11 is 5.99. The van der Waals surface area contributed by atoms with Crippen LogP contribution in [0.25, 0.3) is 16.9 Å². The molecule has 1 aromatic heterocycles. The van der Waals surface area contributed by atoms with E-state index in [-0.39, 0.29) is 28.5 Å². The predicted molar refractivity (Wildman–Crippen MR) is 115 cm³/mol. The van der Waals surface area contributed by atoms with E-state index in [0.717, 1.165) is 4.80 Å². The molecule has 154 valence electrons. The minimum Gasteiger partial charge on any atom is -0.497 e. The Kier molecular flexibility index (Phi) is 5.46. The predicted octanol–water partition coefficient (Wildman–Crippen LogP) is 4.74. The number of para-hydroxylation sites is 2. The lowest BCUT2D eigenvalue weighted by Gasteiger charge is -2.03. The molecule has 0 saturated carbocycles. The molecule has 0 unspecified atom stereocenters. The molecule has 31 heavy (non-hydrogen) atoms. The highest BCUT2D eigenvalue weighted by molar-refractivity contribution is 6.30. The lowest BCUT2D eigenvalue weighted by Crippen LogP contribution is -2.06. The van der Waals surface area contributed by atoms with Crippen LogP contribution in [-0.4, -0.2) is 32.8 Å². The first kappa shape index (κ1) is 20.2. The summed E-state index contributed by atoms with van der Waals surface area (Å²) in [5.41, 5.74) is 1.30. The number of hydrogen-bond acceptors (Lipinski definition) is 6. The number of hydrogen-bond donors (Lipinski definition) is 0. The Morgan fingerprint density at radius 1 is 1.00 bits per heavy atom. The van der Waals surface area contributed by atoms with Crippen molar-refractivity contribution in [1.29, 1.82) is 0 Å². The first-order valence-electron chi connectivity index (χ1n) is 9.14. The second-order valence-corrected chi connectivity index (χ2v) is 6.93. The summed E-state index contributed by atoms with van der Waals surface area (Å²) in [5, 5.41) is 20.7. The van der Waals surface area contributed by atoms with Gasteiger partial charge in [0.15, 0.2) is 11.4 Å². The van der Waals surface area contributed by atoms with Crippen LogP contribution in [0.2, 0.25) is 5.02 Å². The quantitative estimate of drug-likeness (QED) is 0.247. The zero-order valence-corrected chi connectivity index (χ0v) is 17.0. The first-order chi connectivity index (χ1) is 15.0. The average molecular weight is 435 g/mol. The van der Waals surface area contributed by atoms with Crippen molar-refractivity contribution in [2.45, 2.75) is 0 Å². The summed E-state index contributed by atoms with van der Waals surface area (Å²) in [6.45, 7) is 0. The van der Waals surface area contributed by atoms with Crippen molar-refractivity contribution in [1.82, 2.24) is 15.0 Å². The molecule has 4 rings (SSSR count). The van der Waals surface area contributed by atoms with E-state index < -0.39 is 4.92 Å². The minimum atomic E-state index is -0.522. The van der Waals surface area contributed by atoms with Gasteiger partial charge in [0.1, 0.15) is 11.4 Å². The zero-order chi connectivity index (χ0) is 22.0. The second kappa shape index (κ2) is 8.37. The van der Waals surface area contributed by atoms with Gasteiger partial charge in [-0.05, 0) is 42.5 Å². The molecule has 0 bridgehead atoms. The Morgan fingerprint density at radius 2 is 1.68 bits per heavy atom. The molecule has 0 radical (unpaired) electrons. The van der Waals surface area contributed by atoms with Gasteiger partial charge in [-0.25, -0.2) is 0 Å². The van der Waals surface area contributed by atoms with Crippen molar-refractivity contribution < 1.29 is 14.5 Å². The number of ketones is 1. The highest BCUT2D eigenvalue weighted by atomic mass is 35.5. The monoisotopic (exact) mass is 434 g/mol. The van der Waals surface area contributed by atoms with Crippen LogP contribution in [0.1, 0.15) is 16.1 Å². The average Bonchev–Trinajstić information content (AvgIpc) is 3.24. The standard InChI is InChI=1S/C22H15ClN4O4/c1-31-17-12-8-15(9-13-17)22(28)21-20(14-6-10-16(23)11-7-14)24-26(25-21)18-4-2-3-5-19(18)27(29)30/h2-13H,1H3. The van der Waals surface area contributed by atoms with Crippen molar-refractivity contribution in [2.75, 3.05) is 7.11 Å². The topological polar surface area (TPSA) is 100 Å². The van der Waals surface area contributed by atoms with Gasteiger partial charge in [-0.15, -0.1) is 15.0 Å². The summed E-state index contributed by atoms with van der Waals surface area (Å²) in [5.74, 6) is 0.232. The SMILES string of the molecule is COc1ccc(C(=O)c2nn(-c3ccccc3[N+](=O)[O-])nc2-c2ccc(Cl)cc2)cc1. The third kappa shape index (κ3) is 4.01. The normalized spacial score (nSPS) is 10.6. The number of halogens is 1. The van der Waals surface area contributed by atoms with Gasteiger partial charge in [-0.2, -0.15) is 0 Å². The van der Waals surface area contributed by atoms with Crippen molar-refractivity contribution in [3.8, 4) is 22.7 Å². The van der Waals surface area contributed by atoms with E-state index in [1.807, 2.05) is 0 Å². The van der Waals surface area contributed by atoms with Crippen LogP contribution in [-0.2, 0) is 0 Å². The van der Waals surface area contributed by atoms with Crippen LogP contribution in [0.3, 0.4) is 0 Å². The van der Waals surface area contributed by atoms with Crippen molar-refractivity contribution in [3.05, 3.63) is 99.2 Å². The molecule has 0 fully saturated rings. The lowest BCUT2D eigenvalue weighted by atomic mass is 10.0. The van der Waals surface area contributed by atoms with Gasteiger partial charge in [-0.3, -0.25) is 14.9 Å². The molecule has 3 aromatic carbocycles. The molecule has 1 heterocycles. The summed E-state index contributed by atoms with van der Waals surface area (Å²) in [4.78, 5) is 25.3. The van der Waals surface area contributed by atoms with Crippen LogP contribution >= 0.6 is 11.6 Å². The molecule has 0 amide bonds. The van der Waals surface area contributed by atoms with Crippen molar-refractivity contribution in [3.63, 3.8) is 0 Å². The lowest BCUT2D eigenvalue weighted by molar-refractivity contribution is -0.384. The first-order valence-corrected chi connectivity index (χ1v) is 9.51. The number of nitrogens with zero attached hydrogens (tertiary/aromatic N) is 4. The summed E-state index contributed by atoms with van der Waals surface area (Å²) in [6.07, 6.45) is 0. The van der Waals surface area contributed by atoms with Crippen LogP contribution in [0.4, 0.5) is 5.69 Å². The highest BCUT2D eigenvalue weighted by Gasteiger charge is 2.24. The molecular weight excluding hydrogens is 420 g/mol. The molecule has 0 N–H and O–H groups in total. The molecular formula is C22H15ClN4O4. The molecule has 0 aliphatic heterocycles. The largest absolute Gasteiger partial charge is 0.497 e. The van der Waals surface area contributed by atoms with Crippen molar-refractivity contribution in [2.24, 2.45) is 0 Å². The number of rotatable bonds is 6. The fourth-order valence-electron chi connectivity index (χ4n) is 3.04. The Hall–Kier alpha value is -4.04. The summed E-state index contributed by atoms with van der Waals surface area (Å²) in [7, 11) is 1.54. The molecule has 0 aliphatic rings. The molecule has 0 spiro atoms. The van der Waals surface area contributed by atoms with E-state index in [0.29, 0.717) is 21.9 Å². The maximum absolute atomic E-state index is 13.3. The Balaban J connectivity index is 1.88. The fraction of sp³-hybridized carbons (Fsp3) is 0.0455. The fourth-order valence-corrected chi connectivity index (χ4v) is 3.16. The number of nitro benzene ring substituents is 1. The van der Waals surface area contributed by atoms with Gasteiger partial charge in [0.05, 0.1) is 12.0 Å². The number of nitro groups is 1. The van der Waals surface area contributed by atoms with Gasteiger partial charge < -0.3 is 4.74 Å². The van der Waals surface area contributed by atoms with E-state index >= 15 is 0 Å². The van der Waals surface area contributed by atoms with Crippen molar-refractivity contribution >= 4 is 23.1 Å². The Morgan fingerprint density at radius 3 is 2.32 bits per heavy atom. The minimum absolute atomic E-state index is 0.0608. The number of aromatic nitrogens is 3. The van der Waals surface area contributed by atoms with Gasteiger partial charge in [0.25, 0.3) is 5.69 Å². The van der Waals surface area contributed by atoms with E-state index in [2.05, 4.69) is 10.2 Å². The third-order valence-corrected chi connectivity index (χ3v) is 4.84. The Bertz CT molecular complexity index is 1270. The van der Waals surface area contributed by atoms with E-state index in [1.54, 1.807) is 60.7 Å². The highest BCUT2D eigenvalue weighted by Crippen LogP contribution is 2.28. The third-order valence-electron chi connectivity index (χ3n) is 4.59. The van der Waals surface area contributed by atoms with Gasteiger partial charge in [-0.1, -0.05) is 35.9 Å². The number of benzene rings is 3. The van der Waals surface area contributed by atoms with E-state index in [4.69, 9.17) is 16.3 Å². The summed E-state index contributed by atoms with van der Waals surface area (Å²) in [6, 6.07) is 19.4. The molecule has 8 nitrogen and oxygen atoms in total. The number of methoxy groups -OCH3 is 1. The van der Waals surface area contributed by atoms with Crippen LogP contribution in [0.15, 0.2) is 72.8 Å². The van der Waals surface area contributed by atoms with Crippen LogP contribution in [0, 0.1) is 10.1 Å². The Labute approximate surface area is 181 Å². The second-order valence-electron chi connectivity index (χ2n) is 6.50. The molecule has 9 heteroatoms. The number of carbonyl (C=O) groups excluding carboxylic acids is 1.